The van der Waals surface area contributed by atoms with Gasteiger partial charge in [0.1, 0.15) is 11.6 Å². The molecule has 0 radical (unpaired) electrons. The maximum atomic E-state index is 13.1. The van der Waals surface area contributed by atoms with Gasteiger partial charge in [-0.2, -0.15) is 13.2 Å². The minimum absolute atomic E-state index is 0.00497. The van der Waals surface area contributed by atoms with Gasteiger partial charge in [-0.15, -0.1) is 0 Å². The third-order valence-corrected chi connectivity index (χ3v) is 5.05. The Bertz CT molecular complexity index is 1010. The summed E-state index contributed by atoms with van der Waals surface area (Å²) in [6.07, 6.45) is -2.41. The molecule has 0 aliphatic rings. The first kappa shape index (κ1) is 21.5. The molecule has 7 nitrogen and oxygen atoms in total. The van der Waals surface area contributed by atoms with Crippen LogP contribution < -0.4 is 9.04 Å². The molecule has 2 rings (SSSR count). The molecule has 1 aromatic carbocycles. The molecule has 152 valence electrons. The monoisotopic (exact) mass is 418 g/mol. The molecular formula is C17H17F3N2O5S. The van der Waals surface area contributed by atoms with Gasteiger partial charge in [0.2, 0.25) is 10.0 Å². The van der Waals surface area contributed by atoms with Crippen LogP contribution in [0.3, 0.4) is 0 Å². The number of benzene rings is 1. The molecule has 0 spiro atoms. The van der Waals surface area contributed by atoms with E-state index in [4.69, 9.17) is 9.84 Å². The Balaban J connectivity index is 2.59. The largest absolute Gasteiger partial charge is 0.481 e. The van der Waals surface area contributed by atoms with Gasteiger partial charge in [-0.3, -0.25) is 4.31 Å². The lowest BCUT2D eigenvalue weighted by molar-refractivity contribution is -0.140. The number of nitrogens with zero attached hydrogens (tertiary/aromatic N) is 2. The number of alkyl halides is 3. The average Bonchev–Trinajstić information content (AvgIpc) is 2.57. The van der Waals surface area contributed by atoms with Gasteiger partial charge < -0.3 is 9.84 Å². The summed E-state index contributed by atoms with van der Waals surface area (Å²) >= 11 is 0. The third-order valence-electron chi connectivity index (χ3n) is 3.86. The second-order valence-corrected chi connectivity index (χ2v) is 7.99. The van der Waals surface area contributed by atoms with E-state index in [2.05, 4.69) is 4.98 Å². The van der Waals surface area contributed by atoms with Crippen LogP contribution >= 0.6 is 0 Å². The number of sulfonamides is 1. The maximum absolute atomic E-state index is 13.1. The van der Waals surface area contributed by atoms with E-state index in [0.29, 0.717) is 5.56 Å². The molecule has 1 heterocycles. The number of rotatable bonds is 6. The van der Waals surface area contributed by atoms with Crippen molar-refractivity contribution in [3.8, 4) is 16.9 Å². The Morgan fingerprint density at radius 2 is 1.89 bits per heavy atom. The highest BCUT2D eigenvalue weighted by atomic mass is 32.2. The maximum Gasteiger partial charge on any atom is 0.416 e. The lowest BCUT2D eigenvalue weighted by Crippen LogP contribution is -2.25. The van der Waals surface area contributed by atoms with E-state index >= 15 is 0 Å². The summed E-state index contributed by atoms with van der Waals surface area (Å²) in [6.45, 7) is 0.831. The van der Waals surface area contributed by atoms with Crippen molar-refractivity contribution < 1.29 is 36.2 Å². The van der Waals surface area contributed by atoms with Gasteiger partial charge in [0, 0.05) is 24.4 Å². The van der Waals surface area contributed by atoms with E-state index < -0.39 is 34.3 Å². The van der Waals surface area contributed by atoms with Crippen molar-refractivity contribution in [2.75, 3.05) is 24.2 Å². The minimum atomic E-state index is -4.61. The van der Waals surface area contributed by atoms with E-state index in [0.717, 1.165) is 28.8 Å². The van der Waals surface area contributed by atoms with Crippen molar-refractivity contribution in [3.05, 3.63) is 41.6 Å². The molecular weight excluding hydrogens is 401 g/mol. The van der Waals surface area contributed by atoms with Crippen LogP contribution in [0.25, 0.3) is 11.1 Å². The molecule has 1 N–H and O–H groups in total. The number of aromatic nitrogens is 1. The van der Waals surface area contributed by atoms with Crippen LogP contribution in [0.15, 0.2) is 30.5 Å². The Morgan fingerprint density at radius 1 is 1.25 bits per heavy atom. The zero-order chi connectivity index (χ0) is 21.3. The van der Waals surface area contributed by atoms with Gasteiger partial charge in [-0.25, -0.2) is 18.2 Å². The van der Waals surface area contributed by atoms with Crippen LogP contribution in [0, 0.1) is 6.92 Å². The van der Waals surface area contributed by atoms with Gasteiger partial charge in [-0.1, -0.05) is 0 Å². The molecule has 0 fully saturated rings. The predicted molar refractivity (Wildman–Crippen MR) is 95.8 cm³/mol. The lowest BCUT2D eigenvalue weighted by Gasteiger charge is -2.18. The van der Waals surface area contributed by atoms with E-state index in [1.807, 2.05) is 0 Å². The molecule has 11 heteroatoms. The van der Waals surface area contributed by atoms with Crippen molar-refractivity contribution in [3.63, 3.8) is 0 Å². The quantitative estimate of drug-likeness (QED) is 0.775. The number of carbonyl (C=O) groups is 1. The van der Waals surface area contributed by atoms with E-state index in [-0.39, 0.29) is 22.7 Å². The van der Waals surface area contributed by atoms with Crippen LogP contribution in [0.1, 0.15) is 11.1 Å². The topological polar surface area (TPSA) is 96.8 Å². The third kappa shape index (κ3) is 4.91. The first-order valence-corrected chi connectivity index (χ1v) is 9.62. The van der Waals surface area contributed by atoms with Crippen LogP contribution in [-0.2, 0) is 21.0 Å². The average molecular weight is 418 g/mol. The SMILES string of the molecule is Cc1cc(N(C)S(C)(=O)=O)ncc1-c1cc(C(F)(F)F)ccc1OCC(=O)O. The Kier molecular flexibility index (Phi) is 5.88. The molecule has 0 aliphatic heterocycles. The molecule has 0 saturated heterocycles. The Hall–Kier alpha value is -2.82. The normalized spacial score (nSPS) is 11.9. The number of carboxylic acid groups (broad SMARTS) is 1. The number of hydrogen-bond donors (Lipinski definition) is 1. The summed E-state index contributed by atoms with van der Waals surface area (Å²) in [5.74, 6) is -1.26. The van der Waals surface area contributed by atoms with Gasteiger partial charge in [0.25, 0.3) is 0 Å². The summed E-state index contributed by atoms with van der Waals surface area (Å²) in [7, 11) is -2.28. The zero-order valence-corrected chi connectivity index (χ0v) is 15.9. The second kappa shape index (κ2) is 7.66. The molecule has 2 aromatic rings. The lowest BCUT2D eigenvalue weighted by atomic mass is 9.99. The van der Waals surface area contributed by atoms with Gasteiger partial charge in [0.15, 0.2) is 6.61 Å². The minimum Gasteiger partial charge on any atom is -0.481 e. The number of aryl methyl sites for hydroxylation is 1. The number of hydrogen-bond acceptors (Lipinski definition) is 5. The summed E-state index contributed by atoms with van der Waals surface area (Å²) < 4.78 is 68.6. The first-order chi connectivity index (χ1) is 12.8. The predicted octanol–water partition coefficient (Wildman–Crippen LogP) is 2.94. The first-order valence-electron chi connectivity index (χ1n) is 7.77. The van der Waals surface area contributed by atoms with Gasteiger partial charge >= 0.3 is 12.1 Å². The fourth-order valence-electron chi connectivity index (χ4n) is 2.35. The summed E-state index contributed by atoms with van der Waals surface area (Å²) in [4.78, 5) is 14.8. The van der Waals surface area contributed by atoms with Crippen molar-refractivity contribution in [2.45, 2.75) is 13.1 Å². The zero-order valence-electron chi connectivity index (χ0n) is 15.1. The van der Waals surface area contributed by atoms with Crippen LogP contribution in [-0.4, -0.2) is 44.4 Å². The van der Waals surface area contributed by atoms with Gasteiger partial charge in [-0.05, 0) is 36.8 Å². The van der Waals surface area contributed by atoms with Crippen molar-refractivity contribution in [1.29, 1.82) is 0 Å². The standard InChI is InChI=1S/C17H17F3N2O5S/c1-10-6-15(22(2)28(3,25)26)21-8-13(10)12-7-11(17(18,19)20)4-5-14(12)27-9-16(23)24/h4-8H,9H2,1-3H3,(H,23,24). The molecule has 0 atom stereocenters. The molecule has 28 heavy (non-hydrogen) atoms. The fourth-order valence-corrected chi connectivity index (χ4v) is 2.79. The van der Waals surface area contributed by atoms with E-state index in [1.165, 1.54) is 19.3 Å². The molecule has 1 aromatic heterocycles. The fraction of sp³-hybridized carbons (Fsp3) is 0.294. The van der Waals surface area contributed by atoms with Crippen LogP contribution in [0.4, 0.5) is 19.0 Å². The Morgan fingerprint density at radius 3 is 2.39 bits per heavy atom. The van der Waals surface area contributed by atoms with Crippen molar-refractivity contribution in [2.24, 2.45) is 0 Å². The van der Waals surface area contributed by atoms with Gasteiger partial charge in [0.05, 0.1) is 11.8 Å². The smallest absolute Gasteiger partial charge is 0.416 e. The van der Waals surface area contributed by atoms with Crippen LogP contribution in [0.5, 0.6) is 5.75 Å². The molecule has 0 saturated carbocycles. The van der Waals surface area contributed by atoms with E-state index in [1.54, 1.807) is 6.92 Å². The molecule has 0 unspecified atom stereocenters. The number of pyridine rings is 1. The van der Waals surface area contributed by atoms with E-state index in [9.17, 15) is 26.4 Å². The number of anilines is 1. The highest BCUT2D eigenvalue weighted by Crippen LogP contribution is 2.38. The summed E-state index contributed by atoms with van der Waals surface area (Å²) in [5.41, 5.74) is -0.270. The molecule has 0 aliphatic carbocycles. The van der Waals surface area contributed by atoms with Crippen LogP contribution in [0.2, 0.25) is 0 Å². The number of halogens is 3. The molecule has 0 bridgehead atoms. The highest BCUT2D eigenvalue weighted by molar-refractivity contribution is 7.92. The second-order valence-electron chi connectivity index (χ2n) is 5.98. The Labute approximate surface area is 159 Å². The number of carboxylic acids is 1. The highest BCUT2D eigenvalue weighted by Gasteiger charge is 2.31. The number of aliphatic carboxylic acids is 1. The summed E-state index contributed by atoms with van der Waals surface area (Å²) in [6, 6.07) is 4.06. The molecule has 0 amide bonds. The number of ether oxygens (including phenoxy) is 1. The summed E-state index contributed by atoms with van der Waals surface area (Å²) in [5, 5.41) is 8.77. The van der Waals surface area contributed by atoms with Crippen molar-refractivity contribution in [1.82, 2.24) is 4.98 Å². The van der Waals surface area contributed by atoms with Crippen molar-refractivity contribution >= 4 is 21.8 Å².